The Morgan fingerprint density at radius 3 is 2.65 bits per heavy atom. The first-order valence-electron chi connectivity index (χ1n) is 7.45. The van der Waals surface area contributed by atoms with Crippen LogP contribution in [0.5, 0.6) is 0 Å². The minimum absolute atomic E-state index is 0.352. The molecule has 104 valence electrons. The molecule has 2 fully saturated rings. The molecule has 3 heterocycles. The monoisotopic (exact) mass is 270 g/mol. The number of halogens is 1. The lowest BCUT2D eigenvalue weighted by atomic mass is 9.82. The van der Waals surface area contributed by atoms with Gasteiger partial charge in [-0.3, -0.25) is 4.98 Å². The molecule has 3 heteroatoms. The van der Waals surface area contributed by atoms with Crippen LogP contribution in [0, 0.1) is 6.92 Å². The molecule has 0 spiro atoms. The van der Waals surface area contributed by atoms with E-state index in [1.807, 2.05) is 37.3 Å². The summed E-state index contributed by atoms with van der Waals surface area (Å²) in [6.45, 7) is 1.98. The highest BCUT2D eigenvalue weighted by molar-refractivity contribution is 5.79. The van der Waals surface area contributed by atoms with Crippen LogP contribution in [0.3, 0.4) is 0 Å². The molecule has 0 aliphatic carbocycles. The summed E-state index contributed by atoms with van der Waals surface area (Å²) in [4.78, 5) is 4.49. The van der Waals surface area contributed by atoms with Gasteiger partial charge in [0.25, 0.3) is 0 Å². The number of alkyl halides is 1. The number of nitrogens with one attached hydrogen (secondary N) is 1. The average molecular weight is 270 g/mol. The number of fused-ring (bicyclic) bond motifs is 3. The quantitative estimate of drug-likeness (QED) is 0.856. The minimum Gasteiger partial charge on any atom is -0.311 e. The lowest BCUT2D eigenvalue weighted by Crippen LogP contribution is -2.44. The summed E-state index contributed by atoms with van der Waals surface area (Å²) in [7, 11) is 0. The van der Waals surface area contributed by atoms with Crippen molar-refractivity contribution in [2.75, 3.05) is 0 Å². The van der Waals surface area contributed by atoms with Gasteiger partial charge >= 0.3 is 0 Å². The summed E-state index contributed by atoms with van der Waals surface area (Å²) in [5.41, 5.74) is 1.61. The van der Waals surface area contributed by atoms with Crippen molar-refractivity contribution in [3.8, 4) is 0 Å². The van der Waals surface area contributed by atoms with Gasteiger partial charge < -0.3 is 5.32 Å². The second-order valence-corrected chi connectivity index (χ2v) is 6.37. The first-order valence-corrected chi connectivity index (χ1v) is 7.45. The minimum atomic E-state index is -1.17. The fourth-order valence-corrected chi connectivity index (χ4v) is 3.83. The Balaban J connectivity index is 1.76. The number of piperidine rings is 1. The molecular formula is C17H19FN2. The smallest absolute Gasteiger partial charge is 0.139 e. The summed E-state index contributed by atoms with van der Waals surface area (Å²) < 4.78 is 15.4. The number of aryl methyl sites for hydroxylation is 1. The van der Waals surface area contributed by atoms with E-state index in [4.69, 9.17) is 0 Å². The Kier molecular flexibility index (Phi) is 2.61. The largest absolute Gasteiger partial charge is 0.311 e. The van der Waals surface area contributed by atoms with Crippen LogP contribution < -0.4 is 5.32 Å². The molecule has 2 atom stereocenters. The van der Waals surface area contributed by atoms with Crippen LogP contribution in [0.4, 0.5) is 4.39 Å². The molecule has 0 saturated carbocycles. The molecule has 2 unspecified atom stereocenters. The molecule has 20 heavy (non-hydrogen) atoms. The van der Waals surface area contributed by atoms with E-state index in [1.54, 1.807) is 0 Å². The Hall–Kier alpha value is -1.48. The maximum absolute atomic E-state index is 15.4. The molecule has 0 radical (unpaired) electrons. The van der Waals surface area contributed by atoms with Gasteiger partial charge in [-0.1, -0.05) is 12.1 Å². The molecule has 2 aliphatic heterocycles. The fraction of sp³-hybridized carbons (Fsp3) is 0.471. The third kappa shape index (κ3) is 1.92. The number of hydrogen-bond donors (Lipinski definition) is 1. The summed E-state index contributed by atoms with van der Waals surface area (Å²) in [5, 5.41) is 4.55. The van der Waals surface area contributed by atoms with E-state index in [-0.39, 0.29) is 0 Å². The van der Waals surface area contributed by atoms with Gasteiger partial charge in [0.05, 0.1) is 5.52 Å². The molecule has 2 saturated heterocycles. The molecule has 2 nitrogen and oxygen atoms in total. The van der Waals surface area contributed by atoms with Crippen LogP contribution in [0.1, 0.15) is 36.9 Å². The molecule has 1 aromatic heterocycles. The van der Waals surface area contributed by atoms with Crippen LogP contribution in [-0.4, -0.2) is 17.1 Å². The van der Waals surface area contributed by atoms with E-state index in [1.165, 1.54) is 0 Å². The van der Waals surface area contributed by atoms with E-state index >= 15 is 4.39 Å². The van der Waals surface area contributed by atoms with Crippen molar-refractivity contribution in [3.63, 3.8) is 0 Å². The van der Waals surface area contributed by atoms with Gasteiger partial charge in [0, 0.05) is 36.0 Å². The maximum atomic E-state index is 15.4. The highest BCUT2D eigenvalue weighted by Crippen LogP contribution is 2.44. The highest BCUT2D eigenvalue weighted by Gasteiger charge is 2.45. The Morgan fingerprint density at radius 1 is 1.15 bits per heavy atom. The third-order valence-electron chi connectivity index (χ3n) is 4.82. The van der Waals surface area contributed by atoms with Crippen molar-refractivity contribution in [2.45, 2.75) is 50.4 Å². The van der Waals surface area contributed by atoms with Gasteiger partial charge in [0.1, 0.15) is 5.67 Å². The zero-order chi connectivity index (χ0) is 13.7. The SMILES string of the molecule is Cc1ccc2cc(C3(F)CC4CCC(C3)N4)ccc2n1. The van der Waals surface area contributed by atoms with Gasteiger partial charge in [-0.05, 0) is 43.5 Å². The molecule has 1 aromatic carbocycles. The molecular weight excluding hydrogens is 251 g/mol. The number of aromatic nitrogens is 1. The summed E-state index contributed by atoms with van der Waals surface area (Å²) in [6, 6.07) is 10.6. The van der Waals surface area contributed by atoms with Gasteiger partial charge in [0.2, 0.25) is 0 Å². The van der Waals surface area contributed by atoms with Crippen molar-refractivity contribution in [2.24, 2.45) is 0 Å². The zero-order valence-corrected chi connectivity index (χ0v) is 11.7. The third-order valence-corrected chi connectivity index (χ3v) is 4.82. The lowest BCUT2D eigenvalue weighted by Gasteiger charge is -2.35. The first-order chi connectivity index (χ1) is 9.62. The lowest BCUT2D eigenvalue weighted by molar-refractivity contribution is 0.0875. The van der Waals surface area contributed by atoms with E-state index in [9.17, 15) is 0 Å². The van der Waals surface area contributed by atoms with Gasteiger partial charge in [-0.25, -0.2) is 4.39 Å². The van der Waals surface area contributed by atoms with Crippen molar-refractivity contribution in [1.29, 1.82) is 0 Å². The molecule has 2 aliphatic rings. The van der Waals surface area contributed by atoms with Crippen molar-refractivity contribution in [3.05, 3.63) is 41.6 Å². The van der Waals surface area contributed by atoms with Gasteiger partial charge in [-0.15, -0.1) is 0 Å². The number of hydrogen-bond acceptors (Lipinski definition) is 2. The van der Waals surface area contributed by atoms with E-state index in [0.29, 0.717) is 24.9 Å². The molecule has 2 bridgehead atoms. The van der Waals surface area contributed by atoms with Gasteiger partial charge in [-0.2, -0.15) is 0 Å². The second-order valence-electron chi connectivity index (χ2n) is 6.37. The van der Waals surface area contributed by atoms with Crippen molar-refractivity contribution >= 4 is 10.9 Å². The first kappa shape index (κ1) is 12.3. The number of benzene rings is 1. The normalized spacial score (nSPS) is 32.7. The van der Waals surface area contributed by atoms with E-state index in [2.05, 4.69) is 10.3 Å². The zero-order valence-electron chi connectivity index (χ0n) is 11.7. The predicted octanol–water partition coefficient (Wildman–Crippen LogP) is 3.62. The summed E-state index contributed by atoms with van der Waals surface area (Å²) >= 11 is 0. The summed E-state index contributed by atoms with van der Waals surface area (Å²) in [6.07, 6.45) is 3.44. The van der Waals surface area contributed by atoms with Gasteiger partial charge in [0.15, 0.2) is 0 Å². The Bertz CT molecular complexity index is 655. The maximum Gasteiger partial charge on any atom is 0.139 e. The number of nitrogens with zero attached hydrogens (tertiary/aromatic N) is 1. The van der Waals surface area contributed by atoms with E-state index < -0.39 is 5.67 Å². The van der Waals surface area contributed by atoms with Crippen LogP contribution in [0.25, 0.3) is 10.9 Å². The van der Waals surface area contributed by atoms with Crippen LogP contribution in [0.15, 0.2) is 30.3 Å². The van der Waals surface area contributed by atoms with Crippen molar-refractivity contribution < 1.29 is 4.39 Å². The Morgan fingerprint density at radius 2 is 1.90 bits per heavy atom. The number of pyridine rings is 1. The molecule has 4 rings (SSSR count). The molecule has 1 N–H and O–H groups in total. The fourth-order valence-electron chi connectivity index (χ4n) is 3.83. The number of rotatable bonds is 1. The van der Waals surface area contributed by atoms with Crippen molar-refractivity contribution in [1.82, 2.24) is 10.3 Å². The van der Waals surface area contributed by atoms with Crippen LogP contribution in [-0.2, 0) is 5.67 Å². The molecule has 0 amide bonds. The standard InChI is InChI=1S/C17H19FN2/c1-11-2-3-12-8-13(4-7-16(12)19-11)17(18)9-14-5-6-15(10-17)20-14/h2-4,7-8,14-15,20H,5-6,9-10H2,1H3. The average Bonchev–Trinajstić information content (AvgIpc) is 2.78. The van der Waals surface area contributed by atoms with E-state index in [0.717, 1.165) is 35.0 Å². The summed E-state index contributed by atoms with van der Waals surface area (Å²) in [5.74, 6) is 0. The topological polar surface area (TPSA) is 24.9 Å². The second kappa shape index (κ2) is 4.26. The highest BCUT2D eigenvalue weighted by atomic mass is 19.1. The van der Waals surface area contributed by atoms with Crippen LogP contribution >= 0.6 is 0 Å². The Labute approximate surface area is 118 Å². The predicted molar refractivity (Wildman–Crippen MR) is 78.4 cm³/mol. The van der Waals surface area contributed by atoms with Crippen LogP contribution in [0.2, 0.25) is 0 Å². The molecule has 2 aromatic rings.